The van der Waals surface area contributed by atoms with E-state index in [0.29, 0.717) is 17.1 Å². The third kappa shape index (κ3) is 5.42. The number of benzene rings is 3. The fourth-order valence-electron chi connectivity index (χ4n) is 3.56. The topological polar surface area (TPSA) is 111 Å². The summed E-state index contributed by atoms with van der Waals surface area (Å²) in [6.45, 7) is 3.54. The average Bonchev–Trinajstić information content (AvgIpc) is 3.24. The van der Waals surface area contributed by atoms with Gasteiger partial charge in [-0.2, -0.15) is 0 Å². The number of carbonyl (C=O) groups is 1. The summed E-state index contributed by atoms with van der Waals surface area (Å²) in [5.41, 5.74) is 4.31. The van der Waals surface area contributed by atoms with Gasteiger partial charge < -0.3 is 9.26 Å². The van der Waals surface area contributed by atoms with Crippen LogP contribution >= 0.6 is 0 Å². The van der Waals surface area contributed by atoms with Crippen LogP contribution in [0, 0.1) is 6.92 Å². The maximum Gasteiger partial charge on any atom is 0.412 e. The van der Waals surface area contributed by atoms with E-state index in [1.807, 2.05) is 54.6 Å². The third-order valence-corrected chi connectivity index (χ3v) is 6.99. The van der Waals surface area contributed by atoms with Crippen molar-refractivity contribution in [3.63, 3.8) is 0 Å². The fraction of sp³-hybridized carbons (Fsp3) is 0.154. The maximum atomic E-state index is 12.5. The van der Waals surface area contributed by atoms with Gasteiger partial charge in [-0.05, 0) is 49.7 Å². The predicted octanol–water partition coefficient (Wildman–Crippen LogP) is 5.53. The Morgan fingerprint density at radius 1 is 0.914 bits per heavy atom. The standard InChI is InChI=1S/C26H25N3O5S/c1-17-24(28-26(30)33-18(2)19-7-5-4-6-8-19)25(34-29-17)22-11-9-20(10-12-22)21-13-15-23(16-14-21)35(31,32)27-3/h4-16,18,27H,1-3H3,(H,28,30)/t18-/m1/s1. The highest BCUT2D eigenvalue weighted by atomic mass is 32.2. The Hall–Kier alpha value is -3.95. The molecule has 0 radical (unpaired) electrons. The minimum absolute atomic E-state index is 0.196. The van der Waals surface area contributed by atoms with Crippen LogP contribution in [-0.2, 0) is 14.8 Å². The van der Waals surface area contributed by atoms with Crippen molar-refractivity contribution in [2.24, 2.45) is 0 Å². The van der Waals surface area contributed by atoms with Crippen LogP contribution in [0.15, 0.2) is 88.3 Å². The molecule has 35 heavy (non-hydrogen) atoms. The minimum Gasteiger partial charge on any atom is -0.441 e. The first-order valence-corrected chi connectivity index (χ1v) is 12.4. The molecule has 2 N–H and O–H groups in total. The molecule has 1 amide bonds. The van der Waals surface area contributed by atoms with Crippen LogP contribution in [0.1, 0.15) is 24.3 Å². The molecule has 9 heteroatoms. The molecular formula is C26H25N3O5S. The number of amides is 1. The van der Waals surface area contributed by atoms with E-state index < -0.39 is 22.2 Å². The van der Waals surface area contributed by atoms with Gasteiger partial charge in [0.2, 0.25) is 10.0 Å². The number of aryl methyl sites for hydroxylation is 1. The van der Waals surface area contributed by atoms with E-state index in [9.17, 15) is 13.2 Å². The summed E-state index contributed by atoms with van der Waals surface area (Å²) in [5.74, 6) is 0.411. The first kappa shape index (κ1) is 24.2. The van der Waals surface area contributed by atoms with Gasteiger partial charge in [-0.1, -0.05) is 71.9 Å². The zero-order chi connectivity index (χ0) is 25.0. The largest absolute Gasteiger partial charge is 0.441 e. The second-order valence-electron chi connectivity index (χ2n) is 7.86. The molecule has 0 aliphatic carbocycles. The Balaban J connectivity index is 1.50. The van der Waals surface area contributed by atoms with Crippen molar-refractivity contribution in [2.75, 3.05) is 12.4 Å². The molecule has 8 nitrogen and oxygen atoms in total. The zero-order valence-electron chi connectivity index (χ0n) is 19.5. The lowest BCUT2D eigenvalue weighted by Gasteiger charge is -2.14. The molecule has 0 unspecified atom stereocenters. The molecule has 4 aromatic rings. The van der Waals surface area contributed by atoms with E-state index >= 15 is 0 Å². The van der Waals surface area contributed by atoms with Gasteiger partial charge in [0, 0.05) is 5.56 Å². The summed E-state index contributed by atoms with van der Waals surface area (Å²) in [6, 6.07) is 23.5. The normalized spacial score (nSPS) is 12.2. The van der Waals surface area contributed by atoms with Crippen molar-refractivity contribution in [1.82, 2.24) is 9.88 Å². The Morgan fingerprint density at radius 3 is 2.09 bits per heavy atom. The quantitative estimate of drug-likeness (QED) is 0.351. The highest BCUT2D eigenvalue weighted by molar-refractivity contribution is 7.89. The van der Waals surface area contributed by atoms with Crippen molar-refractivity contribution >= 4 is 21.8 Å². The molecule has 3 aromatic carbocycles. The van der Waals surface area contributed by atoms with Crippen molar-refractivity contribution in [3.05, 3.63) is 90.1 Å². The van der Waals surface area contributed by atoms with Gasteiger partial charge in [-0.3, -0.25) is 5.32 Å². The first-order chi connectivity index (χ1) is 16.8. The van der Waals surface area contributed by atoms with E-state index in [-0.39, 0.29) is 4.90 Å². The van der Waals surface area contributed by atoms with Crippen molar-refractivity contribution in [1.29, 1.82) is 0 Å². The molecule has 180 valence electrons. The van der Waals surface area contributed by atoms with Gasteiger partial charge in [-0.15, -0.1) is 0 Å². The van der Waals surface area contributed by atoms with Crippen LogP contribution in [-0.4, -0.2) is 26.7 Å². The van der Waals surface area contributed by atoms with E-state index in [4.69, 9.17) is 9.26 Å². The van der Waals surface area contributed by atoms with Gasteiger partial charge >= 0.3 is 6.09 Å². The first-order valence-electron chi connectivity index (χ1n) is 10.9. The highest BCUT2D eigenvalue weighted by Gasteiger charge is 2.20. The number of carbonyl (C=O) groups excluding carboxylic acids is 1. The summed E-state index contributed by atoms with van der Waals surface area (Å²) in [5, 5.41) is 6.75. The summed E-state index contributed by atoms with van der Waals surface area (Å²) in [7, 11) is -2.12. The number of sulfonamides is 1. The number of aromatic nitrogens is 1. The van der Waals surface area contributed by atoms with Crippen LogP contribution in [0.5, 0.6) is 0 Å². The van der Waals surface area contributed by atoms with E-state index in [1.165, 1.54) is 7.05 Å². The summed E-state index contributed by atoms with van der Waals surface area (Å²) >= 11 is 0. The Kier molecular flexibility index (Phi) is 6.99. The SMILES string of the molecule is CNS(=O)(=O)c1ccc(-c2ccc(-c3onc(C)c3NC(=O)O[C@H](C)c3ccccc3)cc2)cc1. The fourth-order valence-corrected chi connectivity index (χ4v) is 4.29. The molecule has 1 heterocycles. The molecule has 0 aliphatic rings. The number of ether oxygens (including phenoxy) is 1. The Morgan fingerprint density at radius 2 is 1.49 bits per heavy atom. The maximum absolute atomic E-state index is 12.5. The lowest BCUT2D eigenvalue weighted by atomic mass is 10.0. The Bertz CT molecular complexity index is 1410. The summed E-state index contributed by atoms with van der Waals surface area (Å²) in [4.78, 5) is 12.7. The van der Waals surface area contributed by atoms with Crippen molar-refractivity contribution in [3.8, 4) is 22.5 Å². The molecule has 0 spiro atoms. The molecule has 1 aromatic heterocycles. The smallest absolute Gasteiger partial charge is 0.412 e. The lowest BCUT2D eigenvalue weighted by Crippen LogP contribution is -2.18. The van der Waals surface area contributed by atoms with Gasteiger partial charge in [0.15, 0.2) is 5.76 Å². The minimum atomic E-state index is -3.49. The van der Waals surface area contributed by atoms with Gasteiger partial charge in [0.25, 0.3) is 0 Å². The summed E-state index contributed by atoms with van der Waals surface area (Å²) in [6.07, 6.45) is -1.03. The third-order valence-electron chi connectivity index (χ3n) is 5.56. The van der Waals surface area contributed by atoms with Crippen LogP contribution in [0.4, 0.5) is 10.5 Å². The number of hydrogen-bond donors (Lipinski definition) is 2. The van der Waals surface area contributed by atoms with E-state index in [0.717, 1.165) is 22.3 Å². The van der Waals surface area contributed by atoms with E-state index in [1.54, 1.807) is 38.1 Å². The molecule has 0 saturated heterocycles. The molecule has 0 aliphatic heterocycles. The number of nitrogens with zero attached hydrogens (tertiary/aromatic N) is 1. The molecule has 1 atom stereocenters. The second-order valence-corrected chi connectivity index (χ2v) is 9.75. The molecule has 0 saturated carbocycles. The van der Waals surface area contributed by atoms with Gasteiger partial charge in [0.05, 0.1) is 4.90 Å². The zero-order valence-corrected chi connectivity index (χ0v) is 20.3. The van der Waals surface area contributed by atoms with Crippen LogP contribution in [0.25, 0.3) is 22.5 Å². The number of hydrogen-bond acceptors (Lipinski definition) is 6. The number of anilines is 1. The van der Waals surface area contributed by atoms with Crippen LogP contribution in [0.3, 0.4) is 0 Å². The summed E-state index contributed by atoms with van der Waals surface area (Å²) < 4.78 is 37.1. The van der Waals surface area contributed by atoms with Crippen LogP contribution < -0.4 is 10.0 Å². The molecular weight excluding hydrogens is 466 g/mol. The highest BCUT2D eigenvalue weighted by Crippen LogP contribution is 2.33. The van der Waals surface area contributed by atoms with Crippen molar-refractivity contribution in [2.45, 2.75) is 24.8 Å². The number of rotatable bonds is 7. The molecule has 0 bridgehead atoms. The Labute approximate surface area is 204 Å². The van der Waals surface area contributed by atoms with Gasteiger partial charge in [-0.25, -0.2) is 17.9 Å². The second kappa shape index (κ2) is 10.1. The van der Waals surface area contributed by atoms with Crippen LogP contribution in [0.2, 0.25) is 0 Å². The lowest BCUT2D eigenvalue weighted by molar-refractivity contribution is 0.121. The van der Waals surface area contributed by atoms with Gasteiger partial charge in [0.1, 0.15) is 17.5 Å². The molecule has 4 rings (SSSR count). The van der Waals surface area contributed by atoms with E-state index in [2.05, 4.69) is 15.2 Å². The molecule has 0 fully saturated rings. The predicted molar refractivity (Wildman–Crippen MR) is 133 cm³/mol. The number of nitrogens with one attached hydrogen (secondary N) is 2. The monoisotopic (exact) mass is 491 g/mol. The van der Waals surface area contributed by atoms with Crippen molar-refractivity contribution < 1.29 is 22.5 Å². The average molecular weight is 492 g/mol.